The molecular formula is C16H19N3O. The SMILES string of the molecule is Cc1ccccc1CCNc1cc(C(N)=O)ccc1N. The van der Waals surface area contributed by atoms with E-state index in [0.29, 0.717) is 11.3 Å². The van der Waals surface area contributed by atoms with Crippen LogP contribution in [0.3, 0.4) is 0 Å². The molecule has 0 unspecified atom stereocenters. The summed E-state index contributed by atoms with van der Waals surface area (Å²) in [6.07, 6.45) is 0.896. The van der Waals surface area contributed by atoms with Gasteiger partial charge in [-0.1, -0.05) is 24.3 Å². The molecule has 0 saturated carbocycles. The molecule has 4 heteroatoms. The molecule has 0 aliphatic carbocycles. The third kappa shape index (κ3) is 3.29. The molecule has 0 radical (unpaired) electrons. The van der Waals surface area contributed by atoms with Crippen LogP contribution >= 0.6 is 0 Å². The van der Waals surface area contributed by atoms with Crippen LogP contribution in [0.5, 0.6) is 0 Å². The van der Waals surface area contributed by atoms with Crippen LogP contribution in [-0.2, 0) is 6.42 Å². The Morgan fingerprint density at radius 1 is 1.20 bits per heavy atom. The van der Waals surface area contributed by atoms with Crippen molar-refractivity contribution >= 4 is 17.3 Å². The van der Waals surface area contributed by atoms with E-state index in [1.54, 1.807) is 18.2 Å². The van der Waals surface area contributed by atoms with Gasteiger partial charge in [-0.2, -0.15) is 0 Å². The second kappa shape index (κ2) is 6.10. The van der Waals surface area contributed by atoms with Crippen molar-refractivity contribution in [2.24, 2.45) is 5.73 Å². The fourth-order valence-electron chi connectivity index (χ4n) is 2.09. The molecule has 0 saturated heterocycles. The number of aryl methyl sites for hydroxylation is 1. The number of hydrogen-bond donors (Lipinski definition) is 3. The van der Waals surface area contributed by atoms with E-state index in [2.05, 4.69) is 24.4 Å². The van der Waals surface area contributed by atoms with Crippen molar-refractivity contribution in [3.8, 4) is 0 Å². The van der Waals surface area contributed by atoms with Crippen molar-refractivity contribution in [3.05, 3.63) is 59.2 Å². The van der Waals surface area contributed by atoms with Crippen molar-refractivity contribution in [3.63, 3.8) is 0 Å². The van der Waals surface area contributed by atoms with Crippen LogP contribution in [0.4, 0.5) is 11.4 Å². The first-order chi connectivity index (χ1) is 9.58. The molecule has 2 rings (SSSR count). The van der Waals surface area contributed by atoms with Gasteiger partial charge in [0.05, 0.1) is 11.4 Å². The van der Waals surface area contributed by atoms with E-state index in [4.69, 9.17) is 11.5 Å². The second-order valence-corrected chi connectivity index (χ2v) is 4.77. The number of anilines is 2. The third-order valence-electron chi connectivity index (χ3n) is 3.31. The number of carbonyl (C=O) groups is 1. The molecule has 4 nitrogen and oxygen atoms in total. The van der Waals surface area contributed by atoms with Gasteiger partial charge >= 0.3 is 0 Å². The number of nitrogen functional groups attached to an aromatic ring is 1. The van der Waals surface area contributed by atoms with Gasteiger partial charge < -0.3 is 16.8 Å². The van der Waals surface area contributed by atoms with Crippen LogP contribution in [0.1, 0.15) is 21.5 Å². The predicted molar refractivity (Wildman–Crippen MR) is 82.7 cm³/mol. The lowest BCUT2D eigenvalue weighted by Gasteiger charge is -2.11. The molecule has 104 valence electrons. The van der Waals surface area contributed by atoms with Gasteiger partial charge in [-0.25, -0.2) is 0 Å². The Hall–Kier alpha value is -2.49. The van der Waals surface area contributed by atoms with Crippen molar-refractivity contribution in [2.45, 2.75) is 13.3 Å². The normalized spacial score (nSPS) is 10.2. The standard InChI is InChI=1S/C16H19N3O/c1-11-4-2-3-5-12(11)8-9-19-15-10-13(16(18)20)6-7-14(15)17/h2-7,10,19H,8-9,17H2,1H3,(H2,18,20). The topological polar surface area (TPSA) is 81.1 Å². The summed E-state index contributed by atoms with van der Waals surface area (Å²) in [6, 6.07) is 13.3. The number of nitrogens with one attached hydrogen (secondary N) is 1. The molecule has 2 aromatic carbocycles. The Bertz CT molecular complexity index is 623. The minimum Gasteiger partial charge on any atom is -0.397 e. The van der Waals surface area contributed by atoms with E-state index in [1.807, 2.05) is 12.1 Å². The highest BCUT2D eigenvalue weighted by atomic mass is 16.1. The lowest BCUT2D eigenvalue weighted by atomic mass is 10.1. The molecule has 20 heavy (non-hydrogen) atoms. The van der Waals surface area contributed by atoms with E-state index < -0.39 is 5.91 Å². The molecule has 2 aromatic rings. The summed E-state index contributed by atoms with van der Waals surface area (Å²) in [4.78, 5) is 11.2. The highest BCUT2D eigenvalue weighted by molar-refractivity contribution is 5.94. The summed E-state index contributed by atoms with van der Waals surface area (Å²) in [5.74, 6) is -0.452. The largest absolute Gasteiger partial charge is 0.397 e. The van der Waals surface area contributed by atoms with Gasteiger partial charge in [0.1, 0.15) is 0 Å². The number of amides is 1. The van der Waals surface area contributed by atoms with Crippen LogP contribution in [0.15, 0.2) is 42.5 Å². The molecule has 0 bridgehead atoms. The maximum absolute atomic E-state index is 11.2. The lowest BCUT2D eigenvalue weighted by molar-refractivity contribution is 0.100. The maximum Gasteiger partial charge on any atom is 0.248 e. The Balaban J connectivity index is 2.02. The van der Waals surface area contributed by atoms with Crippen LogP contribution in [0.2, 0.25) is 0 Å². The van der Waals surface area contributed by atoms with Gasteiger partial charge in [0.2, 0.25) is 5.91 Å². The minimum absolute atomic E-state index is 0.452. The summed E-state index contributed by atoms with van der Waals surface area (Å²) < 4.78 is 0. The van der Waals surface area contributed by atoms with Gasteiger partial charge in [0.25, 0.3) is 0 Å². The van der Waals surface area contributed by atoms with Crippen molar-refractivity contribution < 1.29 is 4.79 Å². The number of nitrogens with two attached hydrogens (primary N) is 2. The Kier molecular flexibility index (Phi) is 4.25. The Morgan fingerprint density at radius 3 is 2.65 bits per heavy atom. The lowest BCUT2D eigenvalue weighted by Crippen LogP contribution is -2.13. The fourth-order valence-corrected chi connectivity index (χ4v) is 2.09. The molecule has 1 amide bonds. The van der Waals surface area contributed by atoms with Crippen molar-refractivity contribution in [1.29, 1.82) is 0 Å². The first-order valence-electron chi connectivity index (χ1n) is 6.55. The average Bonchev–Trinajstić information content (AvgIpc) is 2.42. The van der Waals surface area contributed by atoms with E-state index in [-0.39, 0.29) is 0 Å². The molecule has 0 spiro atoms. The number of carbonyl (C=O) groups excluding carboxylic acids is 1. The van der Waals surface area contributed by atoms with Gasteiger partial charge in [0, 0.05) is 12.1 Å². The number of primary amides is 1. The van der Waals surface area contributed by atoms with Gasteiger partial charge in [0.15, 0.2) is 0 Å². The van der Waals surface area contributed by atoms with E-state index >= 15 is 0 Å². The van der Waals surface area contributed by atoms with E-state index in [1.165, 1.54) is 11.1 Å². The molecule has 0 fully saturated rings. The van der Waals surface area contributed by atoms with Crippen molar-refractivity contribution in [2.75, 3.05) is 17.6 Å². The van der Waals surface area contributed by atoms with Crippen LogP contribution in [0.25, 0.3) is 0 Å². The quantitative estimate of drug-likeness (QED) is 0.729. The number of benzene rings is 2. The average molecular weight is 269 g/mol. The monoisotopic (exact) mass is 269 g/mol. The highest BCUT2D eigenvalue weighted by Gasteiger charge is 2.05. The Labute approximate surface area is 118 Å². The number of rotatable bonds is 5. The van der Waals surface area contributed by atoms with Crippen molar-refractivity contribution in [1.82, 2.24) is 0 Å². The zero-order valence-electron chi connectivity index (χ0n) is 11.5. The molecule has 0 aliphatic heterocycles. The molecule has 0 heterocycles. The van der Waals surface area contributed by atoms with Crippen LogP contribution in [0, 0.1) is 6.92 Å². The molecule has 5 N–H and O–H groups in total. The summed E-state index contributed by atoms with van der Waals surface area (Å²) in [5.41, 5.74) is 15.5. The zero-order valence-corrected chi connectivity index (χ0v) is 11.5. The summed E-state index contributed by atoms with van der Waals surface area (Å²) in [5, 5.41) is 3.25. The minimum atomic E-state index is -0.452. The van der Waals surface area contributed by atoms with Crippen LogP contribution in [-0.4, -0.2) is 12.5 Å². The third-order valence-corrected chi connectivity index (χ3v) is 3.31. The van der Waals surface area contributed by atoms with Gasteiger partial charge in [-0.05, 0) is 42.7 Å². The Morgan fingerprint density at radius 2 is 1.95 bits per heavy atom. The fraction of sp³-hybridized carbons (Fsp3) is 0.188. The molecule has 0 aromatic heterocycles. The number of hydrogen-bond acceptors (Lipinski definition) is 3. The van der Waals surface area contributed by atoms with E-state index in [0.717, 1.165) is 18.7 Å². The first-order valence-corrected chi connectivity index (χ1v) is 6.55. The highest BCUT2D eigenvalue weighted by Crippen LogP contribution is 2.20. The second-order valence-electron chi connectivity index (χ2n) is 4.77. The molecule has 0 atom stereocenters. The molecular weight excluding hydrogens is 250 g/mol. The smallest absolute Gasteiger partial charge is 0.248 e. The summed E-state index contributed by atoms with van der Waals surface area (Å²) in [7, 11) is 0. The van der Waals surface area contributed by atoms with Gasteiger partial charge in [-0.3, -0.25) is 4.79 Å². The zero-order chi connectivity index (χ0) is 14.5. The summed E-state index contributed by atoms with van der Waals surface area (Å²) in [6.45, 7) is 2.84. The van der Waals surface area contributed by atoms with E-state index in [9.17, 15) is 4.79 Å². The first kappa shape index (κ1) is 13.9. The van der Waals surface area contributed by atoms with Gasteiger partial charge in [-0.15, -0.1) is 0 Å². The summed E-state index contributed by atoms with van der Waals surface area (Å²) >= 11 is 0. The predicted octanol–water partition coefficient (Wildman–Crippen LogP) is 2.33. The van der Waals surface area contributed by atoms with Crippen LogP contribution < -0.4 is 16.8 Å². The maximum atomic E-state index is 11.2. The molecule has 0 aliphatic rings.